The monoisotopic (exact) mass is 518 g/mol. The Balaban J connectivity index is 1.42. The van der Waals surface area contributed by atoms with Crippen molar-refractivity contribution < 1.29 is 18.6 Å². The Morgan fingerprint density at radius 1 is 1.09 bits per heavy atom. The highest BCUT2D eigenvalue weighted by atomic mass is 79.9. The van der Waals surface area contributed by atoms with Gasteiger partial charge in [0.05, 0.1) is 32.0 Å². The minimum atomic E-state index is -1.75. The first-order valence-electron chi connectivity index (χ1n) is 10.1. The zero-order valence-electron chi connectivity index (χ0n) is 17.5. The fourth-order valence-electron chi connectivity index (χ4n) is 3.44. The molecule has 2 aromatic heterocycles. The number of hydrogen-bond acceptors (Lipinski definition) is 6. The van der Waals surface area contributed by atoms with Crippen molar-refractivity contribution in [2.24, 2.45) is 0 Å². The molecule has 2 aromatic carbocycles. The standard InChI is InChI=1S/C22H21BrF2N6O2/c23-17-3-1-16(2-4-17)12-33-8-7-30-11-19(28-29-30)10-22(32,13-31-15-26-14-27-31)20-6-5-18(24)9-21(20)25/h1-6,9,11,14-15,32H,7-8,10,12-13H2. The van der Waals surface area contributed by atoms with Gasteiger partial charge in [-0.1, -0.05) is 39.3 Å². The van der Waals surface area contributed by atoms with Crippen LogP contribution in [0.1, 0.15) is 16.8 Å². The first-order valence-corrected chi connectivity index (χ1v) is 10.9. The summed E-state index contributed by atoms with van der Waals surface area (Å²) in [7, 11) is 0. The molecule has 0 saturated heterocycles. The summed E-state index contributed by atoms with van der Waals surface area (Å²) >= 11 is 3.40. The van der Waals surface area contributed by atoms with Gasteiger partial charge in [0.25, 0.3) is 0 Å². The van der Waals surface area contributed by atoms with E-state index in [1.54, 1.807) is 10.9 Å². The van der Waals surface area contributed by atoms with Crippen LogP contribution < -0.4 is 0 Å². The molecule has 172 valence electrons. The zero-order valence-corrected chi connectivity index (χ0v) is 19.1. The molecule has 0 aliphatic carbocycles. The lowest BCUT2D eigenvalue weighted by Gasteiger charge is -2.28. The molecule has 4 aromatic rings. The van der Waals surface area contributed by atoms with Gasteiger partial charge in [0.15, 0.2) is 0 Å². The maximum absolute atomic E-state index is 14.5. The summed E-state index contributed by atoms with van der Waals surface area (Å²) in [6.45, 7) is 1.24. The van der Waals surface area contributed by atoms with Gasteiger partial charge >= 0.3 is 0 Å². The summed E-state index contributed by atoms with van der Waals surface area (Å²) in [6, 6.07) is 10.9. The molecule has 8 nitrogen and oxygen atoms in total. The fourth-order valence-corrected chi connectivity index (χ4v) is 3.71. The van der Waals surface area contributed by atoms with Crippen LogP contribution in [0.25, 0.3) is 0 Å². The van der Waals surface area contributed by atoms with Crippen molar-refractivity contribution in [3.63, 3.8) is 0 Å². The van der Waals surface area contributed by atoms with E-state index in [4.69, 9.17) is 4.74 Å². The van der Waals surface area contributed by atoms with Crippen LogP contribution in [0.2, 0.25) is 0 Å². The fraction of sp³-hybridized carbons (Fsp3) is 0.273. The average Bonchev–Trinajstić information content (AvgIpc) is 3.44. The van der Waals surface area contributed by atoms with E-state index in [9.17, 15) is 13.9 Å². The molecule has 0 bridgehead atoms. The molecular formula is C22H21BrF2N6O2. The van der Waals surface area contributed by atoms with Gasteiger partial charge in [0, 0.05) is 28.7 Å². The second-order valence-corrected chi connectivity index (χ2v) is 8.49. The van der Waals surface area contributed by atoms with E-state index in [2.05, 4.69) is 36.3 Å². The topological polar surface area (TPSA) is 90.9 Å². The van der Waals surface area contributed by atoms with Crippen LogP contribution in [0.5, 0.6) is 0 Å². The van der Waals surface area contributed by atoms with Crippen molar-refractivity contribution >= 4 is 15.9 Å². The third-order valence-electron chi connectivity index (χ3n) is 5.03. The van der Waals surface area contributed by atoms with Gasteiger partial charge in [-0.15, -0.1) is 5.10 Å². The minimum Gasteiger partial charge on any atom is -0.383 e. The van der Waals surface area contributed by atoms with Gasteiger partial charge in [-0.2, -0.15) is 5.10 Å². The summed E-state index contributed by atoms with van der Waals surface area (Å²) in [5.74, 6) is -1.58. The number of hydrogen-bond donors (Lipinski definition) is 1. The molecule has 0 amide bonds. The molecule has 0 spiro atoms. The first-order chi connectivity index (χ1) is 15.9. The van der Waals surface area contributed by atoms with Gasteiger partial charge in [-0.3, -0.25) is 0 Å². The zero-order chi connectivity index (χ0) is 23.3. The van der Waals surface area contributed by atoms with Crippen molar-refractivity contribution in [1.29, 1.82) is 0 Å². The normalized spacial score (nSPS) is 13.2. The van der Waals surface area contributed by atoms with E-state index in [-0.39, 0.29) is 18.5 Å². The minimum absolute atomic E-state index is 0.0604. The highest BCUT2D eigenvalue weighted by Gasteiger charge is 2.35. The molecule has 2 heterocycles. The Bertz CT molecular complexity index is 1190. The van der Waals surface area contributed by atoms with Gasteiger partial charge in [0.1, 0.15) is 29.9 Å². The van der Waals surface area contributed by atoms with Crippen LogP contribution in [-0.2, 0) is 36.5 Å². The summed E-state index contributed by atoms with van der Waals surface area (Å²) in [4.78, 5) is 3.85. The van der Waals surface area contributed by atoms with E-state index in [1.165, 1.54) is 23.4 Å². The maximum Gasteiger partial charge on any atom is 0.137 e. The van der Waals surface area contributed by atoms with E-state index < -0.39 is 17.2 Å². The predicted molar refractivity (Wildman–Crippen MR) is 118 cm³/mol. The quantitative estimate of drug-likeness (QED) is 0.324. The Labute approximate surface area is 197 Å². The van der Waals surface area contributed by atoms with Gasteiger partial charge < -0.3 is 9.84 Å². The summed E-state index contributed by atoms with van der Waals surface area (Å²) in [5, 5.41) is 23.5. The second kappa shape index (κ2) is 10.3. The highest BCUT2D eigenvalue weighted by Crippen LogP contribution is 2.29. The molecular weight excluding hydrogens is 498 g/mol. The van der Waals surface area contributed by atoms with E-state index in [0.29, 0.717) is 25.5 Å². The Morgan fingerprint density at radius 3 is 2.64 bits per heavy atom. The van der Waals surface area contributed by atoms with Gasteiger partial charge in [-0.25, -0.2) is 23.1 Å². The summed E-state index contributed by atoms with van der Waals surface area (Å²) in [6.07, 6.45) is 4.32. The second-order valence-electron chi connectivity index (χ2n) is 7.58. The third kappa shape index (κ3) is 6.06. The van der Waals surface area contributed by atoms with Crippen molar-refractivity contribution in [2.45, 2.75) is 31.7 Å². The molecule has 1 unspecified atom stereocenters. The summed E-state index contributed by atoms with van der Waals surface area (Å²) in [5.41, 5.74) is -0.317. The van der Waals surface area contributed by atoms with Crippen molar-refractivity contribution in [3.05, 3.63) is 94.2 Å². The number of nitrogens with zero attached hydrogens (tertiary/aromatic N) is 6. The molecule has 4 rings (SSSR count). The number of aliphatic hydroxyl groups is 1. The molecule has 0 aliphatic rings. The van der Waals surface area contributed by atoms with Crippen molar-refractivity contribution in [3.8, 4) is 0 Å². The van der Waals surface area contributed by atoms with E-state index in [1.807, 2.05) is 24.3 Å². The number of ether oxygens (including phenoxy) is 1. The van der Waals surface area contributed by atoms with Crippen molar-refractivity contribution in [2.75, 3.05) is 6.61 Å². The predicted octanol–water partition coefficient (Wildman–Crippen LogP) is 3.26. The third-order valence-corrected chi connectivity index (χ3v) is 5.56. The van der Waals surface area contributed by atoms with Crippen LogP contribution in [0, 0.1) is 11.6 Å². The van der Waals surface area contributed by atoms with Gasteiger partial charge in [-0.05, 0) is 23.8 Å². The molecule has 0 fully saturated rings. The average molecular weight is 519 g/mol. The van der Waals surface area contributed by atoms with E-state index in [0.717, 1.165) is 22.2 Å². The Hall–Kier alpha value is -3.02. The molecule has 11 heteroatoms. The van der Waals surface area contributed by atoms with Crippen LogP contribution in [0.4, 0.5) is 8.78 Å². The number of halogens is 3. The molecule has 0 aliphatic heterocycles. The Kier molecular flexibility index (Phi) is 7.21. The Morgan fingerprint density at radius 2 is 1.91 bits per heavy atom. The lowest BCUT2D eigenvalue weighted by Crippen LogP contribution is -2.35. The number of aromatic nitrogens is 6. The number of benzene rings is 2. The lowest BCUT2D eigenvalue weighted by atomic mass is 9.88. The van der Waals surface area contributed by atoms with Gasteiger partial charge in [0.2, 0.25) is 0 Å². The smallest absolute Gasteiger partial charge is 0.137 e. The van der Waals surface area contributed by atoms with Crippen LogP contribution in [-0.4, -0.2) is 41.5 Å². The SMILES string of the molecule is OC(Cc1cn(CCOCc2ccc(Br)cc2)nn1)(Cn1cncn1)c1ccc(F)cc1F. The first kappa shape index (κ1) is 23.1. The molecule has 1 N–H and O–H groups in total. The van der Waals surface area contributed by atoms with Crippen LogP contribution >= 0.6 is 15.9 Å². The molecule has 0 saturated carbocycles. The van der Waals surface area contributed by atoms with E-state index >= 15 is 0 Å². The van der Waals surface area contributed by atoms with Crippen LogP contribution in [0.3, 0.4) is 0 Å². The summed E-state index contributed by atoms with van der Waals surface area (Å²) < 4.78 is 37.6. The number of rotatable bonds is 10. The van der Waals surface area contributed by atoms with Crippen LogP contribution in [0.15, 0.2) is 65.8 Å². The lowest BCUT2D eigenvalue weighted by molar-refractivity contribution is 0.0107. The largest absolute Gasteiger partial charge is 0.383 e. The molecule has 0 radical (unpaired) electrons. The highest BCUT2D eigenvalue weighted by molar-refractivity contribution is 9.10. The molecule has 33 heavy (non-hydrogen) atoms. The van der Waals surface area contributed by atoms with Crippen molar-refractivity contribution in [1.82, 2.24) is 29.8 Å². The molecule has 1 atom stereocenters. The maximum atomic E-state index is 14.5.